The molecule has 1 N–H and O–H groups in total. The van der Waals surface area contributed by atoms with Crippen LogP contribution in [0.3, 0.4) is 0 Å². The van der Waals surface area contributed by atoms with Gasteiger partial charge in [0.2, 0.25) is 0 Å². The van der Waals surface area contributed by atoms with Gasteiger partial charge in [-0.2, -0.15) is 0 Å². The fourth-order valence-corrected chi connectivity index (χ4v) is 4.21. The first-order valence-electron chi connectivity index (χ1n) is 8.70. The lowest BCUT2D eigenvalue weighted by Gasteiger charge is -2.38. The Morgan fingerprint density at radius 2 is 1.87 bits per heavy atom. The molecule has 2 fully saturated rings. The van der Waals surface area contributed by atoms with Crippen LogP contribution in [0.1, 0.15) is 44.6 Å². The second-order valence-corrected chi connectivity index (χ2v) is 7.01. The van der Waals surface area contributed by atoms with Crippen LogP contribution in [0.4, 0.5) is 0 Å². The first-order chi connectivity index (χ1) is 11.1. The SMILES string of the molecule is CC[C@](CO)(C(=O)OC1C[C@H]2CC[C@@H](C1)N2C)c1ccccc1. The zero-order chi connectivity index (χ0) is 16.4. The lowest BCUT2D eigenvalue weighted by atomic mass is 9.78. The number of hydrogen-bond donors (Lipinski definition) is 1. The van der Waals surface area contributed by atoms with Crippen molar-refractivity contribution in [2.24, 2.45) is 0 Å². The molecular formula is C19H27NO3. The molecule has 0 spiro atoms. The summed E-state index contributed by atoms with van der Waals surface area (Å²) in [5, 5.41) is 9.98. The van der Waals surface area contributed by atoms with Gasteiger partial charge in [0.25, 0.3) is 0 Å². The van der Waals surface area contributed by atoms with Crippen LogP contribution in [0, 0.1) is 0 Å². The van der Waals surface area contributed by atoms with Crippen molar-refractivity contribution in [3.63, 3.8) is 0 Å². The molecule has 0 amide bonds. The summed E-state index contributed by atoms with van der Waals surface area (Å²) in [7, 11) is 2.18. The fourth-order valence-electron chi connectivity index (χ4n) is 4.21. The first-order valence-corrected chi connectivity index (χ1v) is 8.70. The van der Waals surface area contributed by atoms with E-state index in [4.69, 9.17) is 4.74 Å². The van der Waals surface area contributed by atoms with Gasteiger partial charge in [-0.3, -0.25) is 4.79 Å². The largest absolute Gasteiger partial charge is 0.462 e. The molecule has 0 radical (unpaired) electrons. The van der Waals surface area contributed by atoms with Gasteiger partial charge in [0, 0.05) is 12.1 Å². The van der Waals surface area contributed by atoms with E-state index in [-0.39, 0.29) is 18.7 Å². The van der Waals surface area contributed by atoms with Crippen LogP contribution in [0.2, 0.25) is 0 Å². The molecule has 0 aromatic heterocycles. The minimum absolute atomic E-state index is 0.0163. The molecule has 23 heavy (non-hydrogen) atoms. The highest BCUT2D eigenvalue weighted by atomic mass is 16.5. The molecule has 2 aliphatic heterocycles. The number of rotatable bonds is 5. The Balaban J connectivity index is 1.75. The summed E-state index contributed by atoms with van der Waals surface area (Å²) in [6, 6.07) is 10.6. The molecule has 1 aromatic rings. The molecular weight excluding hydrogens is 290 g/mol. The number of carbonyl (C=O) groups excluding carboxylic acids is 1. The van der Waals surface area contributed by atoms with E-state index < -0.39 is 5.41 Å². The number of fused-ring (bicyclic) bond motifs is 2. The number of aliphatic hydroxyl groups excluding tert-OH is 1. The average molecular weight is 317 g/mol. The Bertz CT molecular complexity index is 527. The molecule has 3 rings (SSSR count). The van der Waals surface area contributed by atoms with Crippen LogP contribution in [-0.4, -0.2) is 47.8 Å². The van der Waals surface area contributed by atoms with Crippen molar-refractivity contribution in [3.05, 3.63) is 35.9 Å². The van der Waals surface area contributed by atoms with E-state index in [2.05, 4.69) is 11.9 Å². The van der Waals surface area contributed by atoms with Crippen molar-refractivity contribution in [2.75, 3.05) is 13.7 Å². The number of carbonyl (C=O) groups is 1. The summed E-state index contributed by atoms with van der Waals surface area (Å²) in [6.07, 6.45) is 4.75. The molecule has 2 saturated heterocycles. The highest BCUT2D eigenvalue weighted by molar-refractivity contribution is 5.83. The summed E-state index contributed by atoms with van der Waals surface area (Å²) in [4.78, 5) is 15.3. The first kappa shape index (κ1) is 16.5. The van der Waals surface area contributed by atoms with Crippen molar-refractivity contribution in [1.82, 2.24) is 4.90 Å². The van der Waals surface area contributed by atoms with Gasteiger partial charge in [0.15, 0.2) is 0 Å². The summed E-state index contributed by atoms with van der Waals surface area (Å²) < 4.78 is 5.90. The van der Waals surface area contributed by atoms with Gasteiger partial charge in [-0.25, -0.2) is 0 Å². The van der Waals surface area contributed by atoms with Gasteiger partial charge >= 0.3 is 5.97 Å². The number of piperidine rings is 1. The maximum absolute atomic E-state index is 12.9. The maximum Gasteiger partial charge on any atom is 0.319 e. The Morgan fingerprint density at radius 1 is 1.26 bits per heavy atom. The molecule has 2 heterocycles. The van der Waals surface area contributed by atoms with Crippen molar-refractivity contribution in [3.8, 4) is 0 Å². The second-order valence-electron chi connectivity index (χ2n) is 7.01. The molecule has 0 saturated carbocycles. The lowest BCUT2D eigenvalue weighted by Crippen LogP contribution is -2.47. The molecule has 126 valence electrons. The molecule has 2 bridgehead atoms. The molecule has 2 aliphatic rings. The van der Waals surface area contributed by atoms with E-state index in [0.29, 0.717) is 18.5 Å². The highest BCUT2D eigenvalue weighted by Gasteiger charge is 2.44. The number of esters is 1. The second kappa shape index (κ2) is 6.62. The third kappa shape index (κ3) is 2.90. The smallest absolute Gasteiger partial charge is 0.319 e. The summed E-state index contributed by atoms with van der Waals surface area (Å²) >= 11 is 0. The Kier molecular flexibility index (Phi) is 4.74. The van der Waals surface area contributed by atoms with Gasteiger partial charge in [-0.1, -0.05) is 37.3 Å². The van der Waals surface area contributed by atoms with Crippen LogP contribution in [0.25, 0.3) is 0 Å². The quantitative estimate of drug-likeness (QED) is 0.848. The van der Waals surface area contributed by atoms with E-state index >= 15 is 0 Å². The maximum atomic E-state index is 12.9. The average Bonchev–Trinajstić information content (AvgIpc) is 2.79. The molecule has 0 aliphatic carbocycles. The third-order valence-electron chi connectivity index (χ3n) is 5.92. The van der Waals surface area contributed by atoms with Gasteiger partial charge in [0.1, 0.15) is 11.5 Å². The van der Waals surface area contributed by atoms with E-state index in [0.717, 1.165) is 18.4 Å². The summed E-state index contributed by atoms with van der Waals surface area (Å²) in [5.74, 6) is -0.275. The van der Waals surface area contributed by atoms with Gasteiger partial charge in [-0.05, 0) is 44.7 Å². The Hall–Kier alpha value is -1.39. The standard InChI is InChI=1S/C19H27NO3/c1-3-19(13-21,14-7-5-4-6-8-14)18(22)23-17-11-15-9-10-16(12-17)20(15)2/h4-8,15-17,21H,3,9-13H2,1-2H3/t15-,16+,17?,19-/m1/s1. The minimum atomic E-state index is -0.941. The van der Waals surface area contributed by atoms with Gasteiger partial charge in [-0.15, -0.1) is 0 Å². The monoisotopic (exact) mass is 317 g/mol. The van der Waals surface area contributed by atoms with E-state index in [1.807, 2.05) is 37.3 Å². The molecule has 1 unspecified atom stereocenters. The van der Waals surface area contributed by atoms with E-state index in [1.165, 1.54) is 12.8 Å². The molecule has 4 heteroatoms. The predicted octanol–water partition coefficient (Wildman–Crippen LogP) is 2.50. The third-order valence-corrected chi connectivity index (χ3v) is 5.92. The van der Waals surface area contributed by atoms with E-state index in [1.54, 1.807) is 0 Å². The molecule has 4 atom stereocenters. The Morgan fingerprint density at radius 3 is 2.39 bits per heavy atom. The van der Waals surface area contributed by atoms with E-state index in [9.17, 15) is 9.90 Å². The van der Waals surface area contributed by atoms with Gasteiger partial charge in [0.05, 0.1) is 6.61 Å². The lowest BCUT2D eigenvalue weighted by molar-refractivity contribution is -0.161. The summed E-state index contributed by atoms with van der Waals surface area (Å²) in [5.41, 5.74) is -0.102. The number of hydrogen-bond acceptors (Lipinski definition) is 4. The van der Waals surface area contributed by atoms with Crippen molar-refractivity contribution in [1.29, 1.82) is 0 Å². The van der Waals surface area contributed by atoms with Crippen LogP contribution >= 0.6 is 0 Å². The normalized spacial score (nSPS) is 30.0. The zero-order valence-corrected chi connectivity index (χ0v) is 14.1. The van der Waals surface area contributed by atoms with Crippen LogP contribution in [-0.2, 0) is 14.9 Å². The fraction of sp³-hybridized carbons (Fsp3) is 0.632. The van der Waals surface area contributed by atoms with Gasteiger partial charge < -0.3 is 14.7 Å². The number of benzene rings is 1. The molecule has 4 nitrogen and oxygen atoms in total. The van der Waals surface area contributed by atoms with Crippen molar-refractivity contribution in [2.45, 2.75) is 62.6 Å². The van der Waals surface area contributed by atoms with Crippen molar-refractivity contribution < 1.29 is 14.6 Å². The topological polar surface area (TPSA) is 49.8 Å². The van der Waals surface area contributed by atoms with Crippen LogP contribution in [0.5, 0.6) is 0 Å². The van der Waals surface area contributed by atoms with Crippen molar-refractivity contribution >= 4 is 5.97 Å². The number of aliphatic hydroxyl groups is 1. The minimum Gasteiger partial charge on any atom is -0.462 e. The Labute approximate surface area is 138 Å². The van der Waals surface area contributed by atoms with Crippen LogP contribution < -0.4 is 0 Å². The summed E-state index contributed by atoms with van der Waals surface area (Å²) in [6.45, 7) is 1.72. The highest BCUT2D eigenvalue weighted by Crippen LogP contribution is 2.37. The number of nitrogens with zero attached hydrogens (tertiary/aromatic N) is 1. The molecule has 1 aromatic carbocycles. The van der Waals surface area contributed by atoms with Crippen LogP contribution in [0.15, 0.2) is 30.3 Å². The predicted molar refractivity (Wildman–Crippen MR) is 89.2 cm³/mol. The number of ether oxygens (including phenoxy) is 1. The zero-order valence-electron chi connectivity index (χ0n) is 14.1.